The molecule has 0 amide bonds. The lowest BCUT2D eigenvalue weighted by Crippen LogP contribution is -2.12. The van der Waals surface area contributed by atoms with Crippen LogP contribution in [0.4, 0.5) is 0 Å². The maximum atomic E-state index is 10.7. The van der Waals surface area contributed by atoms with Crippen LogP contribution < -0.4 is 5.32 Å². The Morgan fingerprint density at radius 1 is 1.44 bits per heavy atom. The molecule has 2 N–H and O–H groups in total. The molecule has 96 valence electrons. The van der Waals surface area contributed by atoms with Gasteiger partial charge < -0.3 is 10.4 Å². The van der Waals surface area contributed by atoms with Gasteiger partial charge in [-0.2, -0.15) is 0 Å². The first-order chi connectivity index (χ1) is 8.56. The van der Waals surface area contributed by atoms with Gasteiger partial charge in [-0.1, -0.05) is 0 Å². The summed E-state index contributed by atoms with van der Waals surface area (Å²) in [5, 5.41) is 14.0. The number of hydrogen-bond acceptors (Lipinski definition) is 5. The highest BCUT2D eigenvalue weighted by Gasteiger charge is 2.08. The first kappa shape index (κ1) is 13.2. The van der Waals surface area contributed by atoms with Crippen LogP contribution in [0.1, 0.15) is 30.8 Å². The SMILES string of the molecule is Cc1cc(CNCc2csc(C(=O)O)n2)sc1C. The fraction of sp³-hybridized carbons (Fsp3) is 0.333. The van der Waals surface area contributed by atoms with Crippen LogP contribution in [0, 0.1) is 13.8 Å². The van der Waals surface area contributed by atoms with E-state index in [2.05, 4.69) is 30.2 Å². The van der Waals surface area contributed by atoms with Gasteiger partial charge >= 0.3 is 5.97 Å². The Morgan fingerprint density at radius 3 is 2.78 bits per heavy atom. The zero-order valence-electron chi connectivity index (χ0n) is 10.2. The first-order valence-corrected chi connectivity index (χ1v) is 7.20. The summed E-state index contributed by atoms with van der Waals surface area (Å²) in [4.78, 5) is 17.3. The zero-order chi connectivity index (χ0) is 13.1. The summed E-state index contributed by atoms with van der Waals surface area (Å²) in [6, 6.07) is 2.18. The summed E-state index contributed by atoms with van der Waals surface area (Å²) < 4.78 is 0. The van der Waals surface area contributed by atoms with E-state index in [0.29, 0.717) is 6.54 Å². The number of aromatic carboxylic acids is 1. The lowest BCUT2D eigenvalue weighted by molar-refractivity contribution is 0.0696. The van der Waals surface area contributed by atoms with E-state index in [0.717, 1.165) is 23.6 Å². The number of carboxylic acid groups (broad SMARTS) is 1. The van der Waals surface area contributed by atoms with Crippen molar-refractivity contribution in [3.63, 3.8) is 0 Å². The number of nitrogens with zero attached hydrogens (tertiary/aromatic N) is 1. The molecule has 2 rings (SSSR count). The molecule has 0 atom stereocenters. The van der Waals surface area contributed by atoms with Crippen LogP contribution in [0.25, 0.3) is 0 Å². The third kappa shape index (κ3) is 3.16. The summed E-state index contributed by atoms with van der Waals surface area (Å²) in [6.07, 6.45) is 0. The highest BCUT2D eigenvalue weighted by molar-refractivity contribution is 7.12. The molecule has 0 saturated carbocycles. The average molecular weight is 282 g/mol. The number of rotatable bonds is 5. The monoisotopic (exact) mass is 282 g/mol. The summed E-state index contributed by atoms with van der Waals surface area (Å²) >= 11 is 2.95. The van der Waals surface area contributed by atoms with Gasteiger partial charge in [-0.15, -0.1) is 22.7 Å². The van der Waals surface area contributed by atoms with Crippen molar-refractivity contribution in [2.75, 3.05) is 0 Å². The van der Waals surface area contributed by atoms with E-state index >= 15 is 0 Å². The van der Waals surface area contributed by atoms with Crippen molar-refractivity contribution in [3.8, 4) is 0 Å². The van der Waals surface area contributed by atoms with Crippen molar-refractivity contribution in [1.29, 1.82) is 0 Å². The quantitative estimate of drug-likeness (QED) is 0.885. The molecule has 0 spiro atoms. The molecule has 2 aromatic rings. The molecule has 6 heteroatoms. The Labute approximate surface area is 113 Å². The van der Waals surface area contributed by atoms with Gasteiger partial charge in [-0.25, -0.2) is 9.78 Å². The molecular weight excluding hydrogens is 268 g/mol. The second-order valence-corrected chi connectivity index (χ2v) is 6.20. The van der Waals surface area contributed by atoms with Gasteiger partial charge in [0.15, 0.2) is 0 Å². The molecular formula is C12H14N2O2S2. The number of carboxylic acids is 1. The van der Waals surface area contributed by atoms with Gasteiger partial charge in [0.1, 0.15) is 0 Å². The highest BCUT2D eigenvalue weighted by Crippen LogP contribution is 2.20. The minimum atomic E-state index is -0.962. The summed E-state index contributed by atoms with van der Waals surface area (Å²) in [5.74, 6) is -0.962. The Bertz CT molecular complexity index is 541. The van der Waals surface area contributed by atoms with Crippen LogP contribution in [0.3, 0.4) is 0 Å². The van der Waals surface area contributed by atoms with E-state index in [1.807, 2.05) is 0 Å². The molecule has 2 aromatic heterocycles. The number of aryl methyl sites for hydroxylation is 2. The van der Waals surface area contributed by atoms with Crippen LogP contribution in [-0.4, -0.2) is 16.1 Å². The second-order valence-electron chi connectivity index (χ2n) is 4.00. The number of hydrogen-bond donors (Lipinski definition) is 2. The predicted octanol–water partition coefficient (Wildman–Crippen LogP) is 2.81. The predicted molar refractivity (Wildman–Crippen MR) is 73.4 cm³/mol. The van der Waals surface area contributed by atoms with E-state index in [9.17, 15) is 4.79 Å². The summed E-state index contributed by atoms with van der Waals surface area (Å²) in [7, 11) is 0. The van der Waals surface area contributed by atoms with Crippen LogP contribution in [0.15, 0.2) is 11.4 Å². The van der Waals surface area contributed by atoms with E-state index in [1.54, 1.807) is 16.7 Å². The summed E-state index contributed by atoms with van der Waals surface area (Å²) in [5.41, 5.74) is 2.10. The van der Waals surface area contributed by atoms with E-state index in [1.165, 1.54) is 15.3 Å². The largest absolute Gasteiger partial charge is 0.476 e. The molecule has 2 heterocycles. The molecule has 0 aliphatic heterocycles. The minimum absolute atomic E-state index is 0.148. The van der Waals surface area contributed by atoms with E-state index in [-0.39, 0.29) is 5.01 Å². The number of nitrogens with one attached hydrogen (secondary N) is 1. The average Bonchev–Trinajstić information content (AvgIpc) is 2.88. The molecule has 4 nitrogen and oxygen atoms in total. The second kappa shape index (κ2) is 5.60. The standard InChI is InChI=1S/C12H14N2O2S2/c1-7-3-10(18-8(7)2)5-13-4-9-6-17-11(14-9)12(15)16/h3,6,13H,4-5H2,1-2H3,(H,15,16). The summed E-state index contributed by atoms with van der Waals surface area (Å²) in [6.45, 7) is 5.61. The Morgan fingerprint density at radius 2 is 2.22 bits per heavy atom. The van der Waals surface area contributed by atoms with Gasteiger partial charge in [0, 0.05) is 28.2 Å². The van der Waals surface area contributed by atoms with Gasteiger partial charge in [-0.05, 0) is 25.5 Å². The van der Waals surface area contributed by atoms with Gasteiger partial charge in [-0.3, -0.25) is 0 Å². The van der Waals surface area contributed by atoms with Gasteiger partial charge in [0.05, 0.1) is 5.69 Å². The Kier molecular flexibility index (Phi) is 4.11. The van der Waals surface area contributed by atoms with Gasteiger partial charge in [0.25, 0.3) is 0 Å². The smallest absolute Gasteiger partial charge is 0.365 e. The fourth-order valence-electron chi connectivity index (χ4n) is 1.54. The zero-order valence-corrected chi connectivity index (χ0v) is 11.8. The van der Waals surface area contributed by atoms with Crippen LogP contribution >= 0.6 is 22.7 Å². The molecule has 18 heavy (non-hydrogen) atoms. The molecule has 0 radical (unpaired) electrons. The Hall–Kier alpha value is -1.24. The maximum absolute atomic E-state index is 10.7. The Balaban J connectivity index is 1.86. The molecule has 0 bridgehead atoms. The van der Waals surface area contributed by atoms with Crippen molar-refractivity contribution in [2.45, 2.75) is 26.9 Å². The van der Waals surface area contributed by atoms with E-state index < -0.39 is 5.97 Å². The minimum Gasteiger partial charge on any atom is -0.476 e. The van der Waals surface area contributed by atoms with Gasteiger partial charge in [0.2, 0.25) is 5.01 Å². The fourth-order valence-corrected chi connectivity index (χ4v) is 3.21. The maximum Gasteiger partial charge on any atom is 0.365 e. The number of thiophene rings is 1. The molecule has 0 aromatic carbocycles. The van der Waals surface area contributed by atoms with Crippen molar-refractivity contribution >= 4 is 28.6 Å². The van der Waals surface area contributed by atoms with Crippen molar-refractivity contribution in [2.24, 2.45) is 0 Å². The highest BCUT2D eigenvalue weighted by atomic mass is 32.1. The topological polar surface area (TPSA) is 62.2 Å². The third-order valence-corrected chi connectivity index (χ3v) is 4.59. The van der Waals surface area contributed by atoms with Crippen LogP contribution in [0.5, 0.6) is 0 Å². The van der Waals surface area contributed by atoms with Crippen LogP contribution in [0.2, 0.25) is 0 Å². The molecule has 0 fully saturated rings. The molecule has 0 aliphatic rings. The molecule has 0 saturated heterocycles. The normalized spacial score (nSPS) is 10.8. The van der Waals surface area contributed by atoms with Crippen molar-refractivity contribution in [1.82, 2.24) is 10.3 Å². The molecule has 0 aliphatic carbocycles. The first-order valence-electron chi connectivity index (χ1n) is 5.50. The molecule has 0 unspecified atom stereocenters. The van der Waals surface area contributed by atoms with Crippen LogP contribution in [-0.2, 0) is 13.1 Å². The number of aromatic nitrogens is 1. The lowest BCUT2D eigenvalue weighted by Gasteiger charge is -1.99. The third-order valence-electron chi connectivity index (χ3n) is 2.56. The van der Waals surface area contributed by atoms with E-state index in [4.69, 9.17) is 5.11 Å². The van der Waals surface area contributed by atoms with Crippen molar-refractivity contribution in [3.05, 3.63) is 37.5 Å². The lowest BCUT2D eigenvalue weighted by atomic mass is 10.3. The number of thiazole rings is 1. The van der Waals surface area contributed by atoms with Crippen molar-refractivity contribution < 1.29 is 9.90 Å². The number of carbonyl (C=O) groups is 1.